The maximum Gasteiger partial charge on any atom is 0.193 e. The number of aromatic nitrogens is 4. The number of H-pyrrole nitrogens is 1. The maximum absolute atomic E-state index is 5.30. The monoisotopic (exact) mass is 417 g/mol. The molecule has 0 radical (unpaired) electrons. The van der Waals surface area contributed by atoms with E-state index in [2.05, 4.69) is 57.5 Å². The molecular weight excluding hydrogens is 386 g/mol. The van der Waals surface area contributed by atoms with Crippen LogP contribution < -0.4 is 5.32 Å². The quantitative estimate of drug-likeness (QED) is 0.303. The summed E-state index contributed by atoms with van der Waals surface area (Å²) < 4.78 is 5.30. The van der Waals surface area contributed by atoms with Crippen LogP contribution in [0.25, 0.3) is 22.2 Å². The summed E-state index contributed by atoms with van der Waals surface area (Å²) in [5.41, 5.74) is 4.25. The van der Waals surface area contributed by atoms with Crippen LogP contribution >= 0.6 is 0 Å². The van der Waals surface area contributed by atoms with Gasteiger partial charge < -0.3 is 14.7 Å². The summed E-state index contributed by atoms with van der Waals surface area (Å²) in [6.45, 7) is 5.09. The van der Waals surface area contributed by atoms with E-state index in [4.69, 9.17) is 9.40 Å². The van der Waals surface area contributed by atoms with Crippen LogP contribution in [0.4, 0.5) is 0 Å². The van der Waals surface area contributed by atoms with Gasteiger partial charge in [-0.05, 0) is 44.5 Å². The van der Waals surface area contributed by atoms with Crippen LogP contribution in [0, 0.1) is 6.92 Å². The molecular formula is C25H31N5O. The number of nitrogens with zero attached hydrogens (tertiary/aromatic N) is 3. The Balaban J connectivity index is 1.34. The van der Waals surface area contributed by atoms with Crippen LogP contribution in [-0.2, 0) is 6.42 Å². The van der Waals surface area contributed by atoms with Crippen LogP contribution in [0.15, 0.2) is 53.4 Å². The highest BCUT2D eigenvalue weighted by Crippen LogP contribution is 2.25. The lowest BCUT2D eigenvalue weighted by Crippen LogP contribution is -2.22. The first-order valence-electron chi connectivity index (χ1n) is 11.3. The number of pyridine rings is 1. The highest BCUT2D eigenvalue weighted by atomic mass is 16.3. The molecule has 0 fully saturated rings. The smallest absolute Gasteiger partial charge is 0.193 e. The number of oxazole rings is 1. The standard InChI is InChI=1S/C25H31N5O/c1-3-26-22(8-6-4-5-7-9-24-27-14-15-31-24)25-28-17-23(30-25)20-12-13-21-19(16-20)11-10-18(2)29-21/h10-17,22,26H,3-9H2,1-2H3,(H,28,30)/t22-/m0/s1. The molecule has 3 heterocycles. The van der Waals surface area contributed by atoms with Crippen molar-refractivity contribution >= 4 is 10.9 Å². The molecule has 4 aromatic rings. The second kappa shape index (κ2) is 10.4. The van der Waals surface area contributed by atoms with Gasteiger partial charge in [0.1, 0.15) is 12.1 Å². The minimum Gasteiger partial charge on any atom is -0.449 e. The van der Waals surface area contributed by atoms with Crippen molar-refractivity contribution in [2.24, 2.45) is 0 Å². The molecule has 0 bridgehead atoms. The number of hydrogen-bond donors (Lipinski definition) is 2. The van der Waals surface area contributed by atoms with Crippen molar-refractivity contribution in [3.8, 4) is 11.3 Å². The van der Waals surface area contributed by atoms with Crippen LogP contribution in [0.2, 0.25) is 0 Å². The first kappa shape index (κ1) is 21.2. The molecule has 4 rings (SSSR count). The van der Waals surface area contributed by atoms with Gasteiger partial charge in [-0.1, -0.05) is 38.3 Å². The van der Waals surface area contributed by atoms with Gasteiger partial charge in [-0.25, -0.2) is 9.97 Å². The normalized spacial score (nSPS) is 12.5. The molecule has 1 aromatic carbocycles. The average Bonchev–Trinajstić information content (AvgIpc) is 3.47. The number of unbranched alkanes of at least 4 members (excludes halogenated alkanes) is 3. The summed E-state index contributed by atoms with van der Waals surface area (Å²) in [5.74, 6) is 1.85. The van der Waals surface area contributed by atoms with Gasteiger partial charge in [0.25, 0.3) is 0 Å². The number of nitrogens with one attached hydrogen (secondary N) is 2. The molecule has 2 N–H and O–H groups in total. The fraction of sp³-hybridized carbons (Fsp3) is 0.400. The van der Waals surface area contributed by atoms with Crippen molar-refractivity contribution in [2.45, 2.75) is 58.4 Å². The van der Waals surface area contributed by atoms with E-state index in [0.717, 1.165) is 65.4 Å². The lowest BCUT2D eigenvalue weighted by Gasteiger charge is -2.15. The molecule has 0 aliphatic heterocycles. The molecule has 0 spiro atoms. The zero-order valence-electron chi connectivity index (χ0n) is 18.4. The number of benzene rings is 1. The lowest BCUT2D eigenvalue weighted by molar-refractivity contribution is 0.453. The van der Waals surface area contributed by atoms with Gasteiger partial charge in [0.15, 0.2) is 5.89 Å². The van der Waals surface area contributed by atoms with Crippen LogP contribution in [-0.4, -0.2) is 26.5 Å². The molecule has 31 heavy (non-hydrogen) atoms. The Morgan fingerprint density at radius 3 is 2.81 bits per heavy atom. The zero-order chi connectivity index (χ0) is 21.5. The summed E-state index contributed by atoms with van der Waals surface area (Å²) in [6.07, 6.45) is 12.0. The highest BCUT2D eigenvalue weighted by Gasteiger charge is 2.14. The van der Waals surface area contributed by atoms with Crippen molar-refractivity contribution in [2.75, 3.05) is 6.54 Å². The molecule has 6 nitrogen and oxygen atoms in total. The number of rotatable bonds is 11. The van der Waals surface area contributed by atoms with Gasteiger partial charge >= 0.3 is 0 Å². The topological polar surface area (TPSA) is 79.6 Å². The average molecular weight is 418 g/mol. The van der Waals surface area contributed by atoms with Gasteiger partial charge in [0.05, 0.1) is 29.6 Å². The summed E-state index contributed by atoms with van der Waals surface area (Å²) in [4.78, 5) is 17.0. The van der Waals surface area contributed by atoms with Crippen LogP contribution in [0.5, 0.6) is 0 Å². The van der Waals surface area contributed by atoms with Crippen molar-refractivity contribution < 1.29 is 4.42 Å². The Bertz CT molecular complexity index is 1090. The molecule has 0 saturated heterocycles. The number of aromatic amines is 1. The van der Waals surface area contributed by atoms with E-state index < -0.39 is 0 Å². The van der Waals surface area contributed by atoms with Crippen molar-refractivity contribution in [1.29, 1.82) is 0 Å². The van der Waals surface area contributed by atoms with Crippen LogP contribution in [0.1, 0.15) is 62.5 Å². The third-order valence-corrected chi connectivity index (χ3v) is 5.63. The van der Waals surface area contributed by atoms with E-state index in [1.807, 2.05) is 13.1 Å². The van der Waals surface area contributed by atoms with Gasteiger partial charge in [0.2, 0.25) is 0 Å². The third-order valence-electron chi connectivity index (χ3n) is 5.63. The number of fused-ring (bicyclic) bond motifs is 1. The molecule has 0 unspecified atom stereocenters. The van der Waals surface area contributed by atoms with E-state index in [0.29, 0.717) is 0 Å². The van der Waals surface area contributed by atoms with Crippen molar-refractivity contribution in [1.82, 2.24) is 25.3 Å². The Morgan fingerprint density at radius 2 is 1.97 bits per heavy atom. The molecule has 1 atom stereocenters. The van der Waals surface area contributed by atoms with E-state index in [-0.39, 0.29) is 6.04 Å². The highest BCUT2D eigenvalue weighted by molar-refractivity contribution is 5.83. The van der Waals surface area contributed by atoms with E-state index in [9.17, 15) is 0 Å². The van der Waals surface area contributed by atoms with E-state index in [1.165, 1.54) is 19.3 Å². The fourth-order valence-electron chi connectivity index (χ4n) is 3.99. The lowest BCUT2D eigenvalue weighted by atomic mass is 10.1. The van der Waals surface area contributed by atoms with Crippen LogP contribution in [0.3, 0.4) is 0 Å². The number of hydrogen-bond acceptors (Lipinski definition) is 5. The maximum atomic E-state index is 5.30. The predicted molar refractivity (Wildman–Crippen MR) is 124 cm³/mol. The Labute approximate surface area is 183 Å². The van der Waals surface area contributed by atoms with Crippen molar-refractivity contribution in [3.05, 3.63) is 66.4 Å². The van der Waals surface area contributed by atoms with E-state index >= 15 is 0 Å². The number of aryl methyl sites for hydroxylation is 2. The van der Waals surface area contributed by atoms with Gasteiger partial charge in [-0.3, -0.25) is 4.98 Å². The minimum atomic E-state index is 0.246. The molecule has 0 saturated carbocycles. The zero-order valence-corrected chi connectivity index (χ0v) is 18.4. The molecule has 3 aromatic heterocycles. The molecule has 6 heteroatoms. The first-order chi connectivity index (χ1) is 15.2. The Hall–Kier alpha value is -2.99. The molecule has 162 valence electrons. The summed E-state index contributed by atoms with van der Waals surface area (Å²) in [6, 6.07) is 10.8. The van der Waals surface area contributed by atoms with E-state index in [1.54, 1.807) is 12.5 Å². The second-order valence-corrected chi connectivity index (χ2v) is 8.03. The summed E-state index contributed by atoms with van der Waals surface area (Å²) >= 11 is 0. The molecule has 0 aliphatic carbocycles. The van der Waals surface area contributed by atoms with Gasteiger partial charge in [0, 0.05) is 23.1 Å². The Morgan fingerprint density at radius 1 is 1.06 bits per heavy atom. The second-order valence-electron chi connectivity index (χ2n) is 8.03. The summed E-state index contributed by atoms with van der Waals surface area (Å²) in [7, 11) is 0. The first-order valence-corrected chi connectivity index (χ1v) is 11.3. The van der Waals surface area contributed by atoms with Crippen molar-refractivity contribution in [3.63, 3.8) is 0 Å². The Kier molecular flexibility index (Phi) is 7.10. The SMILES string of the molecule is CCN[C@@H](CCCCCCc1ncco1)c1ncc(-c2ccc3nc(C)ccc3c2)[nH]1. The van der Waals surface area contributed by atoms with Gasteiger partial charge in [-0.2, -0.15) is 0 Å². The predicted octanol–water partition coefficient (Wildman–Crippen LogP) is 5.77. The largest absolute Gasteiger partial charge is 0.449 e. The third kappa shape index (κ3) is 5.58. The fourth-order valence-corrected chi connectivity index (χ4v) is 3.99. The summed E-state index contributed by atoms with van der Waals surface area (Å²) in [5, 5.41) is 4.73. The molecule has 0 amide bonds. The van der Waals surface area contributed by atoms with Gasteiger partial charge in [-0.15, -0.1) is 0 Å². The molecule has 0 aliphatic rings. The minimum absolute atomic E-state index is 0.246. The number of imidazole rings is 1.